The maximum absolute atomic E-state index is 12.8. The minimum Gasteiger partial charge on any atom is -0.331 e. The first kappa shape index (κ1) is 21.6. The fraction of sp³-hybridized carbons (Fsp3) is 0.250. The lowest BCUT2D eigenvalue weighted by Crippen LogP contribution is -2.43. The van der Waals surface area contributed by atoms with Crippen molar-refractivity contribution in [2.24, 2.45) is 0 Å². The van der Waals surface area contributed by atoms with Gasteiger partial charge >= 0.3 is 6.18 Å². The molecule has 13 heteroatoms. The van der Waals surface area contributed by atoms with Crippen LogP contribution in [0.4, 0.5) is 18.9 Å². The maximum Gasteiger partial charge on any atom is 0.404 e. The van der Waals surface area contributed by atoms with Gasteiger partial charge in [-0.3, -0.25) is 4.79 Å². The zero-order valence-electron chi connectivity index (χ0n) is 14.6. The largest absolute Gasteiger partial charge is 0.404 e. The van der Waals surface area contributed by atoms with Crippen LogP contribution >= 0.6 is 23.2 Å². The second kappa shape index (κ2) is 7.63. The number of anilines is 1. The Balaban J connectivity index is 2.01. The Morgan fingerprint density at radius 3 is 2.66 bits per heavy atom. The van der Waals surface area contributed by atoms with Crippen LogP contribution in [0.1, 0.15) is 23.1 Å². The fourth-order valence-corrected chi connectivity index (χ4v) is 4.98. The third-order valence-electron chi connectivity index (χ3n) is 4.06. The number of aromatic nitrogens is 2. The molecule has 0 saturated carbocycles. The Bertz CT molecular complexity index is 1110. The van der Waals surface area contributed by atoms with Crippen LogP contribution in [0.15, 0.2) is 29.3 Å². The van der Waals surface area contributed by atoms with Crippen molar-refractivity contribution in [1.82, 2.24) is 14.3 Å². The third kappa shape index (κ3) is 4.27. The Morgan fingerprint density at radius 1 is 1.34 bits per heavy atom. The second-order valence-electron chi connectivity index (χ2n) is 6.10. The number of amides is 1. The molecular weight excluding hydrogens is 456 g/mol. The summed E-state index contributed by atoms with van der Waals surface area (Å²) < 4.78 is 66.5. The third-order valence-corrected chi connectivity index (χ3v) is 6.36. The molecule has 3 rings (SSSR count). The van der Waals surface area contributed by atoms with Crippen molar-refractivity contribution in [2.45, 2.75) is 30.6 Å². The van der Waals surface area contributed by atoms with Gasteiger partial charge in [0.05, 0.1) is 10.7 Å². The van der Waals surface area contributed by atoms with Crippen molar-refractivity contribution in [2.75, 3.05) is 5.32 Å². The van der Waals surface area contributed by atoms with Crippen LogP contribution in [-0.2, 0) is 16.6 Å². The highest BCUT2D eigenvalue weighted by Gasteiger charge is 2.41. The van der Waals surface area contributed by atoms with Gasteiger partial charge in [-0.15, -0.1) is 0 Å². The number of carbonyl (C=O) groups is 1. The van der Waals surface area contributed by atoms with E-state index < -0.39 is 38.1 Å². The number of allylic oxidation sites excluding steroid dienone is 1. The Hall–Kier alpha value is -2.08. The Morgan fingerprint density at radius 2 is 2.03 bits per heavy atom. The summed E-state index contributed by atoms with van der Waals surface area (Å²) >= 11 is 11.9. The van der Waals surface area contributed by atoms with E-state index in [-0.39, 0.29) is 28.8 Å². The van der Waals surface area contributed by atoms with Gasteiger partial charge in [-0.1, -0.05) is 29.3 Å². The van der Waals surface area contributed by atoms with Gasteiger partial charge in [0.25, 0.3) is 5.91 Å². The molecule has 0 aromatic carbocycles. The van der Waals surface area contributed by atoms with E-state index in [2.05, 4.69) is 10.3 Å². The first-order valence-corrected chi connectivity index (χ1v) is 10.3. The van der Waals surface area contributed by atoms with Gasteiger partial charge in [0.2, 0.25) is 10.0 Å². The monoisotopic (exact) mass is 468 g/mol. The van der Waals surface area contributed by atoms with E-state index in [9.17, 15) is 26.4 Å². The van der Waals surface area contributed by atoms with Crippen LogP contribution in [0.3, 0.4) is 0 Å². The van der Waals surface area contributed by atoms with Gasteiger partial charge in [0.15, 0.2) is 0 Å². The normalized spacial score (nSPS) is 14.7. The number of alkyl halides is 3. The lowest BCUT2D eigenvalue weighted by Gasteiger charge is -2.17. The molecule has 1 aliphatic rings. The molecule has 1 aliphatic heterocycles. The number of hydrogen-bond donors (Lipinski definition) is 2. The zero-order chi connectivity index (χ0) is 21.6. The SMILES string of the molecule is CC(NS(=O)(=O)c1c(Cl)c(C(=O)Nc2ccnc(Cl)c2)n2c1C=CC2)C(F)(F)F. The lowest BCUT2D eigenvalue weighted by molar-refractivity contribution is -0.147. The molecule has 0 fully saturated rings. The molecule has 1 atom stereocenters. The Kier molecular flexibility index (Phi) is 5.69. The molecule has 0 aliphatic carbocycles. The highest BCUT2D eigenvalue weighted by molar-refractivity contribution is 7.89. The molecule has 0 saturated heterocycles. The van der Waals surface area contributed by atoms with Crippen LogP contribution in [-0.4, -0.2) is 36.1 Å². The molecule has 1 amide bonds. The molecule has 2 N–H and O–H groups in total. The summed E-state index contributed by atoms with van der Waals surface area (Å²) in [5.74, 6) is -0.757. The summed E-state index contributed by atoms with van der Waals surface area (Å²) in [6.07, 6.45) is -0.516. The van der Waals surface area contributed by atoms with E-state index in [0.717, 1.165) is 0 Å². The van der Waals surface area contributed by atoms with Crippen LogP contribution in [0.25, 0.3) is 6.08 Å². The van der Waals surface area contributed by atoms with Crippen molar-refractivity contribution in [3.05, 3.63) is 46.0 Å². The van der Waals surface area contributed by atoms with E-state index in [1.807, 2.05) is 0 Å². The summed E-state index contributed by atoms with van der Waals surface area (Å²) in [6, 6.07) is 0.471. The average molecular weight is 469 g/mol. The van der Waals surface area contributed by atoms with E-state index in [1.54, 1.807) is 10.8 Å². The van der Waals surface area contributed by atoms with E-state index in [0.29, 0.717) is 6.92 Å². The predicted molar refractivity (Wildman–Crippen MR) is 102 cm³/mol. The quantitative estimate of drug-likeness (QED) is 0.654. The van der Waals surface area contributed by atoms with E-state index in [4.69, 9.17) is 23.2 Å². The molecule has 1 unspecified atom stereocenters. The maximum atomic E-state index is 12.8. The number of hydrogen-bond acceptors (Lipinski definition) is 4. The van der Waals surface area contributed by atoms with Gasteiger partial charge in [0, 0.05) is 18.4 Å². The van der Waals surface area contributed by atoms with Gasteiger partial charge in [-0.25, -0.2) is 13.4 Å². The number of fused-ring (bicyclic) bond motifs is 1. The fourth-order valence-electron chi connectivity index (χ4n) is 2.71. The Labute approximate surface area is 173 Å². The molecule has 2 aromatic heterocycles. The van der Waals surface area contributed by atoms with Crippen LogP contribution in [0.2, 0.25) is 10.2 Å². The first-order chi connectivity index (χ1) is 13.4. The van der Waals surface area contributed by atoms with Crippen molar-refractivity contribution in [1.29, 1.82) is 0 Å². The number of sulfonamides is 1. The molecular formula is C16H13Cl2F3N4O3S. The number of pyridine rings is 1. The molecule has 2 aromatic rings. The van der Waals surface area contributed by atoms with Crippen molar-refractivity contribution >= 4 is 50.9 Å². The number of halogens is 5. The van der Waals surface area contributed by atoms with Gasteiger partial charge in [-0.2, -0.15) is 17.9 Å². The summed E-state index contributed by atoms with van der Waals surface area (Å²) in [4.78, 5) is 15.9. The van der Waals surface area contributed by atoms with Gasteiger partial charge in [-0.05, 0) is 25.1 Å². The molecule has 3 heterocycles. The van der Waals surface area contributed by atoms with E-state index >= 15 is 0 Å². The minimum absolute atomic E-state index is 0.00906. The summed E-state index contributed by atoms with van der Waals surface area (Å²) in [7, 11) is -4.68. The van der Waals surface area contributed by atoms with Crippen LogP contribution in [0.5, 0.6) is 0 Å². The summed E-state index contributed by atoms with van der Waals surface area (Å²) in [6.45, 7) is 0.789. The van der Waals surface area contributed by atoms with E-state index in [1.165, 1.54) is 29.0 Å². The van der Waals surface area contributed by atoms with Crippen LogP contribution in [0, 0.1) is 0 Å². The standard InChI is InChI=1S/C16H13Cl2F3N4O3S/c1-8(16(19,20)21)24-29(27,28)14-10-3-2-6-25(10)13(12(14)18)15(26)23-9-4-5-22-11(17)7-9/h2-5,7-8,24H,6H2,1H3,(H,22,23,26). The molecule has 7 nitrogen and oxygen atoms in total. The number of nitrogens with zero attached hydrogens (tertiary/aromatic N) is 2. The molecule has 156 valence electrons. The predicted octanol–water partition coefficient (Wildman–Crippen LogP) is 3.70. The molecule has 29 heavy (non-hydrogen) atoms. The van der Waals surface area contributed by atoms with Crippen LogP contribution < -0.4 is 10.0 Å². The summed E-state index contributed by atoms with van der Waals surface area (Å²) in [5, 5.41) is 2.14. The lowest BCUT2D eigenvalue weighted by atomic mass is 10.3. The van der Waals surface area contributed by atoms with Gasteiger partial charge in [0.1, 0.15) is 21.8 Å². The number of carbonyl (C=O) groups excluding carboxylic acids is 1. The van der Waals surface area contributed by atoms with Crippen molar-refractivity contribution in [3.63, 3.8) is 0 Å². The van der Waals surface area contributed by atoms with Gasteiger partial charge < -0.3 is 9.88 Å². The number of rotatable bonds is 5. The average Bonchev–Trinajstić information content (AvgIpc) is 3.12. The molecule has 0 bridgehead atoms. The number of nitrogens with one attached hydrogen (secondary N) is 2. The highest BCUT2D eigenvalue weighted by Crippen LogP contribution is 2.36. The minimum atomic E-state index is -4.79. The zero-order valence-corrected chi connectivity index (χ0v) is 16.9. The van der Waals surface area contributed by atoms with Crippen molar-refractivity contribution in [3.8, 4) is 0 Å². The summed E-state index contributed by atoms with van der Waals surface area (Å²) in [5.41, 5.74) is 0.0789. The topological polar surface area (TPSA) is 93.1 Å². The smallest absolute Gasteiger partial charge is 0.331 e. The molecule has 0 spiro atoms. The second-order valence-corrected chi connectivity index (χ2v) is 8.51. The first-order valence-electron chi connectivity index (χ1n) is 8.02. The highest BCUT2D eigenvalue weighted by atomic mass is 35.5. The van der Waals surface area contributed by atoms with Crippen molar-refractivity contribution < 1.29 is 26.4 Å². The molecule has 0 radical (unpaired) electrons.